The van der Waals surface area contributed by atoms with Gasteiger partial charge in [0.1, 0.15) is 4.90 Å². The van der Waals surface area contributed by atoms with Crippen LogP contribution in [0.5, 0.6) is 0 Å². The molecule has 0 fully saturated rings. The fraction of sp³-hybridized carbons (Fsp3) is 0. The summed E-state index contributed by atoms with van der Waals surface area (Å²) in [4.78, 5) is 36.8. The largest absolute Gasteiger partial charge is 0.397 e. The van der Waals surface area contributed by atoms with Crippen LogP contribution in [0, 0.1) is 0 Å². The molecule has 1 aliphatic carbocycles. The number of nitrogens with zero attached hydrogens (tertiary/aromatic N) is 3. The maximum absolute atomic E-state index is 13.6. The van der Waals surface area contributed by atoms with Crippen molar-refractivity contribution in [3.8, 4) is 0 Å². The molecule has 0 aliphatic heterocycles. The number of hydrogen-bond donors (Lipinski definition) is 5. The number of anilines is 5. The monoisotopic (exact) mass is 636 g/mol. The number of carbonyl (C=O) groups excluding carboxylic acids is 2. The van der Waals surface area contributed by atoms with Crippen molar-refractivity contribution in [3.63, 3.8) is 0 Å². The van der Waals surface area contributed by atoms with Crippen molar-refractivity contribution >= 4 is 83.7 Å². The van der Waals surface area contributed by atoms with Crippen molar-refractivity contribution in [1.82, 2.24) is 15.0 Å². The van der Waals surface area contributed by atoms with Gasteiger partial charge in [-0.25, -0.2) is 0 Å². The molecule has 0 atom stereocenters. The molecule has 14 nitrogen and oxygen atoms in total. The highest BCUT2D eigenvalue weighted by Crippen LogP contribution is 2.41. The summed E-state index contributed by atoms with van der Waals surface area (Å²) in [5.74, 6) is -1.72. The molecular formula is C23H14Cl2N6O8S2. The molecule has 1 aliphatic rings. The van der Waals surface area contributed by atoms with Gasteiger partial charge >= 0.3 is 0 Å². The number of rotatable bonds is 6. The van der Waals surface area contributed by atoms with E-state index in [-0.39, 0.29) is 50.3 Å². The summed E-state index contributed by atoms with van der Waals surface area (Å²) in [5, 5.41) is 4.78. The lowest BCUT2D eigenvalue weighted by molar-refractivity contribution is 0.0980. The van der Waals surface area contributed by atoms with Gasteiger partial charge in [0.05, 0.1) is 38.8 Å². The number of nitrogens with two attached hydrogens (primary N) is 1. The predicted molar refractivity (Wildman–Crippen MR) is 147 cm³/mol. The van der Waals surface area contributed by atoms with Gasteiger partial charge in [-0.1, -0.05) is 24.3 Å². The van der Waals surface area contributed by atoms with E-state index in [1.165, 1.54) is 24.3 Å². The number of fused-ring (bicyclic) bond motifs is 2. The zero-order chi connectivity index (χ0) is 29.9. The Labute approximate surface area is 241 Å². The van der Waals surface area contributed by atoms with Gasteiger partial charge in [-0.2, -0.15) is 31.8 Å². The average molecular weight is 637 g/mol. The fourth-order valence-electron chi connectivity index (χ4n) is 4.15. The van der Waals surface area contributed by atoms with E-state index in [0.29, 0.717) is 0 Å². The third-order valence-corrected chi connectivity index (χ3v) is 7.94. The number of ketones is 2. The Hall–Kier alpha value is -4.19. The fourth-order valence-corrected chi connectivity index (χ4v) is 5.67. The van der Waals surface area contributed by atoms with E-state index in [0.717, 1.165) is 24.3 Å². The zero-order valence-corrected chi connectivity index (χ0v) is 23.1. The van der Waals surface area contributed by atoms with E-state index >= 15 is 0 Å². The van der Waals surface area contributed by atoms with Crippen LogP contribution in [-0.2, 0) is 20.2 Å². The second kappa shape index (κ2) is 10.0. The molecule has 0 bridgehead atoms. The van der Waals surface area contributed by atoms with E-state index in [1.54, 1.807) is 0 Å². The Bertz CT molecular complexity index is 2020. The molecule has 3 aromatic carbocycles. The molecular weight excluding hydrogens is 623 g/mol. The summed E-state index contributed by atoms with van der Waals surface area (Å²) < 4.78 is 67.5. The molecule has 41 heavy (non-hydrogen) atoms. The summed E-state index contributed by atoms with van der Waals surface area (Å²) in [7, 11) is -9.73. The molecule has 1 heterocycles. The first-order valence-corrected chi connectivity index (χ1v) is 14.6. The quantitative estimate of drug-likeness (QED) is 0.132. The predicted octanol–water partition coefficient (Wildman–Crippen LogP) is 3.52. The number of nitrogens with one attached hydrogen (secondary N) is 2. The Morgan fingerprint density at radius 2 is 1.29 bits per heavy atom. The van der Waals surface area contributed by atoms with Gasteiger partial charge in [-0.05, 0) is 47.5 Å². The van der Waals surface area contributed by atoms with E-state index in [1.807, 2.05) is 0 Å². The van der Waals surface area contributed by atoms with Crippen LogP contribution in [0.4, 0.5) is 28.7 Å². The molecule has 210 valence electrons. The van der Waals surface area contributed by atoms with Crippen LogP contribution < -0.4 is 16.4 Å². The standard InChI is InChI=1S/C23H14Cl2N6O8S2/c24-21-29-22(25)31-23(30-21)28-13-7-9(40(34,35)36)5-6-12(13)27-14-8-15(41(37,38)39)18(26)17-16(14)19(32)10-3-1-2-4-11(10)20(17)33/h1-8,27H,26H2,(H,34,35,36)(H,37,38,39)(H,28,29,30,31). The van der Waals surface area contributed by atoms with Crippen LogP contribution in [0.2, 0.25) is 10.6 Å². The Morgan fingerprint density at radius 1 is 0.707 bits per heavy atom. The summed E-state index contributed by atoms with van der Waals surface area (Å²) in [5.41, 5.74) is 4.08. The minimum Gasteiger partial charge on any atom is -0.397 e. The van der Waals surface area contributed by atoms with Crippen LogP contribution in [0.1, 0.15) is 31.8 Å². The first-order chi connectivity index (χ1) is 19.1. The molecule has 6 N–H and O–H groups in total. The molecule has 18 heteroatoms. The third-order valence-electron chi connectivity index (χ3n) is 5.86. The lowest BCUT2D eigenvalue weighted by Gasteiger charge is -2.24. The van der Waals surface area contributed by atoms with Gasteiger partial charge in [0.15, 0.2) is 11.6 Å². The van der Waals surface area contributed by atoms with Gasteiger partial charge in [0, 0.05) is 11.1 Å². The Balaban J connectivity index is 1.74. The van der Waals surface area contributed by atoms with Crippen molar-refractivity contribution in [1.29, 1.82) is 0 Å². The smallest absolute Gasteiger partial charge is 0.296 e. The molecule has 0 amide bonds. The lowest BCUT2D eigenvalue weighted by Crippen LogP contribution is -2.25. The number of carbonyl (C=O) groups is 2. The van der Waals surface area contributed by atoms with Gasteiger partial charge in [0.2, 0.25) is 16.5 Å². The van der Waals surface area contributed by atoms with Crippen molar-refractivity contribution < 1.29 is 35.5 Å². The molecule has 5 rings (SSSR count). The first kappa shape index (κ1) is 28.3. The van der Waals surface area contributed by atoms with E-state index in [2.05, 4.69) is 25.6 Å². The Kier molecular flexibility index (Phi) is 6.93. The minimum absolute atomic E-state index is 0.0154. The number of aromatic nitrogens is 3. The van der Waals surface area contributed by atoms with E-state index in [9.17, 15) is 35.5 Å². The van der Waals surface area contributed by atoms with Crippen LogP contribution >= 0.6 is 23.2 Å². The molecule has 0 unspecified atom stereocenters. The highest BCUT2D eigenvalue weighted by molar-refractivity contribution is 7.86. The van der Waals surface area contributed by atoms with Gasteiger partial charge in [-0.15, -0.1) is 0 Å². The first-order valence-electron chi connectivity index (χ1n) is 11.0. The molecule has 0 radical (unpaired) electrons. The highest BCUT2D eigenvalue weighted by Gasteiger charge is 2.36. The number of hydrogen-bond acceptors (Lipinski definition) is 12. The average Bonchev–Trinajstić information content (AvgIpc) is 2.87. The normalized spacial score (nSPS) is 13.0. The van der Waals surface area contributed by atoms with Crippen LogP contribution in [-0.4, -0.2) is 52.5 Å². The SMILES string of the molecule is Nc1c(S(=O)(=O)O)cc(Nc2ccc(S(=O)(=O)O)cc2Nc2nc(Cl)nc(Cl)n2)c2c1C(=O)c1ccccc1C2=O. The zero-order valence-electron chi connectivity index (χ0n) is 20.0. The van der Waals surface area contributed by atoms with Crippen molar-refractivity contribution in [3.05, 3.63) is 81.4 Å². The molecule has 1 aromatic heterocycles. The Morgan fingerprint density at radius 3 is 1.85 bits per heavy atom. The van der Waals surface area contributed by atoms with E-state index < -0.39 is 52.8 Å². The number of nitrogen functional groups attached to an aromatic ring is 1. The van der Waals surface area contributed by atoms with Gasteiger partial charge in [0.25, 0.3) is 20.2 Å². The van der Waals surface area contributed by atoms with Crippen LogP contribution in [0.25, 0.3) is 0 Å². The number of benzene rings is 3. The lowest BCUT2D eigenvalue weighted by atomic mass is 9.82. The third kappa shape index (κ3) is 5.31. The summed E-state index contributed by atoms with van der Waals surface area (Å²) in [6.45, 7) is 0. The second-order valence-electron chi connectivity index (χ2n) is 8.39. The molecule has 0 saturated heterocycles. The van der Waals surface area contributed by atoms with Gasteiger partial charge in [-0.3, -0.25) is 18.7 Å². The minimum atomic E-state index is -5.01. The summed E-state index contributed by atoms with van der Waals surface area (Å²) in [6, 6.07) is 9.74. The van der Waals surface area contributed by atoms with E-state index in [4.69, 9.17) is 28.9 Å². The van der Waals surface area contributed by atoms with Crippen molar-refractivity contribution in [2.75, 3.05) is 16.4 Å². The molecule has 0 spiro atoms. The van der Waals surface area contributed by atoms with Gasteiger partial charge < -0.3 is 16.4 Å². The number of halogens is 2. The van der Waals surface area contributed by atoms with Crippen molar-refractivity contribution in [2.45, 2.75) is 9.79 Å². The highest BCUT2D eigenvalue weighted by atomic mass is 35.5. The van der Waals surface area contributed by atoms with Crippen molar-refractivity contribution in [2.24, 2.45) is 0 Å². The maximum Gasteiger partial charge on any atom is 0.296 e. The van der Waals surface area contributed by atoms with Crippen LogP contribution in [0.15, 0.2) is 58.3 Å². The molecule has 0 saturated carbocycles. The second-order valence-corrected chi connectivity index (χ2v) is 11.9. The maximum atomic E-state index is 13.6. The summed E-state index contributed by atoms with van der Waals surface area (Å²) in [6.07, 6.45) is 0. The molecule has 4 aromatic rings. The van der Waals surface area contributed by atoms with Crippen LogP contribution in [0.3, 0.4) is 0 Å². The topological polar surface area (TPSA) is 232 Å². The summed E-state index contributed by atoms with van der Waals surface area (Å²) >= 11 is 11.6.